The molecule has 0 radical (unpaired) electrons. The fraction of sp³-hybridized carbons (Fsp3) is 0.125. The average Bonchev–Trinajstić information content (AvgIpc) is 3.08. The number of sulfone groups is 1. The Hall–Kier alpha value is -3.07. The molecule has 1 heterocycles. The summed E-state index contributed by atoms with van der Waals surface area (Å²) < 4.78 is 24.7. The molecule has 0 unspecified atom stereocenters. The van der Waals surface area contributed by atoms with Gasteiger partial charge in [0.1, 0.15) is 6.33 Å². The number of amides is 1. The first-order valence-electron chi connectivity index (χ1n) is 7.30. The molecule has 0 saturated heterocycles. The summed E-state index contributed by atoms with van der Waals surface area (Å²) >= 11 is 0. The van der Waals surface area contributed by atoms with Gasteiger partial charge in [-0.3, -0.25) is 4.79 Å². The second-order valence-corrected chi connectivity index (χ2v) is 7.53. The standard InChI is InChI=1S/C16H15N5O3S/c1-11-8-13(6-7-15(11)21-10-17-19-20-21)18-16(22)12-4-3-5-14(9-12)25(2,23)24/h3-10H,1-2H3,(H,18,22). The third kappa shape index (κ3) is 3.72. The number of carbonyl (C=O) groups excluding carboxylic acids is 1. The molecule has 0 spiro atoms. The molecule has 1 amide bonds. The first kappa shape index (κ1) is 16.8. The maximum Gasteiger partial charge on any atom is 0.255 e. The van der Waals surface area contributed by atoms with Gasteiger partial charge in [0.15, 0.2) is 9.84 Å². The SMILES string of the molecule is Cc1cc(NC(=O)c2cccc(S(C)(=O)=O)c2)ccc1-n1cnnn1. The quantitative estimate of drug-likeness (QED) is 0.760. The van der Waals surface area contributed by atoms with Gasteiger partial charge in [-0.05, 0) is 59.3 Å². The predicted molar refractivity (Wildman–Crippen MR) is 91.4 cm³/mol. The minimum atomic E-state index is -3.37. The van der Waals surface area contributed by atoms with Crippen molar-refractivity contribution in [1.82, 2.24) is 20.2 Å². The summed E-state index contributed by atoms with van der Waals surface area (Å²) in [6.07, 6.45) is 2.59. The maximum atomic E-state index is 12.4. The Balaban J connectivity index is 1.83. The Labute approximate surface area is 144 Å². The van der Waals surface area contributed by atoms with E-state index < -0.39 is 9.84 Å². The molecule has 3 rings (SSSR count). The summed E-state index contributed by atoms with van der Waals surface area (Å²) in [7, 11) is -3.37. The molecule has 25 heavy (non-hydrogen) atoms. The van der Waals surface area contributed by atoms with Crippen LogP contribution in [0.2, 0.25) is 0 Å². The van der Waals surface area contributed by atoms with Crippen molar-refractivity contribution in [3.05, 3.63) is 59.9 Å². The lowest BCUT2D eigenvalue weighted by Crippen LogP contribution is -2.13. The van der Waals surface area contributed by atoms with Crippen molar-refractivity contribution < 1.29 is 13.2 Å². The Kier molecular flexibility index (Phi) is 4.32. The van der Waals surface area contributed by atoms with E-state index in [9.17, 15) is 13.2 Å². The molecule has 0 bridgehead atoms. The van der Waals surface area contributed by atoms with Crippen molar-refractivity contribution in [1.29, 1.82) is 0 Å². The van der Waals surface area contributed by atoms with E-state index in [2.05, 4.69) is 20.8 Å². The Bertz CT molecular complexity index is 1030. The number of aryl methyl sites for hydroxylation is 1. The van der Waals surface area contributed by atoms with Gasteiger partial charge < -0.3 is 5.32 Å². The van der Waals surface area contributed by atoms with Crippen LogP contribution in [0.3, 0.4) is 0 Å². The topological polar surface area (TPSA) is 107 Å². The highest BCUT2D eigenvalue weighted by molar-refractivity contribution is 7.90. The van der Waals surface area contributed by atoms with Crippen LogP contribution in [0.4, 0.5) is 5.69 Å². The first-order chi connectivity index (χ1) is 11.8. The first-order valence-corrected chi connectivity index (χ1v) is 9.19. The van der Waals surface area contributed by atoms with Crippen LogP contribution in [0.1, 0.15) is 15.9 Å². The molecule has 0 aliphatic heterocycles. The van der Waals surface area contributed by atoms with Crippen molar-refractivity contribution in [3.8, 4) is 5.69 Å². The minimum absolute atomic E-state index is 0.102. The number of nitrogens with one attached hydrogen (secondary N) is 1. The van der Waals surface area contributed by atoms with Gasteiger partial charge in [-0.2, -0.15) is 0 Å². The van der Waals surface area contributed by atoms with Crippen molar-refractivity contribution in [2.75, 3.05) is 11.6 Å². The van der Waals surface area contributed by atoms with Crippen LogP contribution in [0, 0.1) is 6.92 Å². The number of tetrazole rings is 1. The molecule has 0 saturated carbocycles. The third-order valence-electron chi connectivity index (χ3n) is 3.57. The lowest BCUT2D eigenvalue weighted by molar-refractivity contribution is 0.102. The lowest BCUT2D eigenvalue weighted by atomic mass is 10.1. The van der Waals surface area contributed by atoms with E-state index >= 15 is 0 Å². The zero-order valence-corrected chi connectivity index (χ0v) is 14.4. The number of anilines is 1. The van der Waals surface area contributed by atoms with Gasteiger partial charge in [0, 0.05) is 17.5 Å². The molecule has 8 nitrogen and oxygen atoms in total. The molecule has 1 N–H and O–H groups in total. The molecule has 0 aliphatic carbocycles. The van der Waals surface area contributed by atoms with E-state index in [1.165, 1.54) is 29.2 Å². The minimum Gasteiger partial charge on any atom is -0.322 e. The van der Waals surface area contributed by atoms with Gasteiger partial charge in [0.25, 0.3) is 5.91 Å². The smallest absolute Gasteiger partial charge is 0.255 e. The van der Waals surface area contributed by atoms with Crippen molar-refractivity contribution in [2.45, 2.75) is 11.8 Å². The van der Waals surface area contributed by atoms with Crippen molar-refractivity contribution in [3.63, 3.8) is 0 Å². The van der Waals surface area contributed by atoms with Crippen LogP contribution < -0.4 is 5.32 Å². The van der Waals surface area contributed by atoms with E-state index in [0.29, 0.717) is 5.69 Å². The Morgan fingerprint density at radius 3 is 2.60 bits per heavy atom. The summed E-state index contributed by atoms with van der Waals surface area (Å²) in [4.78, 5) is 12.5. The number of hydrogen-bond donors (Lipinski definition) is 1. The van der Waals surface area contributed by atoms with Crippen LogP contribution in [-0.4, -0.2) is 40.8 Å². The average molecular weight is 357 g/mol. The van der Waals surface area contributed by atoms with Gasteiger partial charge in [0.05, 0.1) is 10.6 Å². The van der Waals surface area contributed by atoms with Gasteiger partial charge in [0.2, 0.25) is 0 Å². The van der Waals surface area contributed by atoms with Gasteiger partial charge in [-0.25, -0.2) is 13.1 Å². The van der Waals surface area contributed by atoms with Crippen LogP contribution in [0.5, 0.6) is 0 Å². The van der Waals surface area contributed by atoms with E-state index in [0.717, 1.165) is 17.5 Å². The van der Waals surface area contributed by atoms with E-state index in [1.54, 1.807) is 24.3 Å². The monoisotopic (exact) mass is 357 g/mol. The fourth-order valence-electron chi connectivity index (χ4n) is 2.33. The normalized spacial score (nSPS) is 11.3. The molecule has 0 atom stereocenters. The number of nitrogens with zero attached hydrogens (tertiary/aromatic N) is 4. The molecule has 3 aromatic rings. The van der Waals surface area contributed by atoms with Crippen LogP contribution >= 0.6 is 0 Å². The zero-order chi connectivity index (χ0) is 18.0. The highest BCUT2D eigenvalue weighted by atomic mass is 32.2. The fourth-order valence-corrected chi connectivity index (χ4v) is 3.00. The van der Waals surface area contributed by atoms with E-state index in [4.69, 9.17) is 0 Å². The van der Waals surface area contributed by atoms with Crippen molar-refractivity contribution >= 4 is 21.4 Å². The number of aromatic nitrogens is 4. The van der Waals surface area contributed by atoms with Crippen LogP contribution in [-0.2, 0) is 9.84 Å². The summed E-state index contributed by atoms with van der Waals surface area (Å²) in [5.74, 6) is -0.389. The molecule has 0 aliphatic rings. The largest absolute Gasteiger partial charge is 0.322 e. The highest BCUT2D eigenvalue weighted by Crippen LogP contribution is 2.19. The summed E-state index contributed by atoms with van der Waals surface area (Å²) in [6, 6.07) is 11.2. The second kappa shape index (κ2) is 6.44. The Morgan fingerprint density at radius 1 is 1.16 bits per heavy atom. The molecule has 0 fully saturated rings. The molecule has 1 aromatic heterocycles. The highest BCUT2D eigenvalue weighted by Gasteiger charge is 2.12. The van der Waals surface area contributed by atoms with Crippen molar-refractivity contribution in [2.24, 2.45) is 0 Å². The summed E-state index contributed by atoms with van der Waals surface area (Å²) in [5, 5.41) is 13.8. The molecule has 128 valence electrons. The third-order valence-corrected chi connectivity index (χ3v) is 4.69. The summed E-state index contributed by atoms with van der Waals surface area (Å²) in [6.45, 7) is 1.87. The molecular weight excluding hydrogens is 342 g/mol. The number of carbonyl (C=O) groups is 1. The van der Waals surface area contributed by atoms with Gasteiger partial charge >= 0.3 is 0 Å². The second-order valence-electron chi connectivity index (χ2n) is 5.51. The van der Waals surface area contributed by atoms with Gasteiger partial charge in [-0.1, -0.05) is 6.07 Å². The Morgan fingerprint density at radius 2 is 1.96 bits per heavy atom. The van der Waals surface area contributed by atoms with Crippen LogP contribution in [0.25, 0.3) is 5.69 Å². The number of hydrogen-bond acceptors (Lipinski definition) is 6. The maximum absolute atomic E-state index is 12.4. The number of benzene rings is 2. The summed E-state index contributed by atoms with van der Waals surface area (Å²) in [5.41, 5.74) is 2.52. The van der Waals surface area contributed by atoms with E-state index in [-0.39, 0.29) is 16.4 Å². The zero-order valence-electron chi connectivity index (χ0n) is 13.5. The molecule has 9 heteroatoms. The van der Waals surface area contributed by atoms with Gasteiger partial charge in [-0.15, -0.1) is 5.10 Å². The lowest BCUT2D eigenvalue weighted by Gasteiger charge is -2.10. The van der Waals surface area contributed by atoms with Crippen LogP contribution in [0.15, 0.2) is 53.7 Å². The molecule has 2 aromatic carbocycles. The predicted octanol–water partition coefficient (Wildman–Crippen LogP) is 1.63. The number of rotatable bonds is 4. The molecular formula is C16H15N5O3S. The van der Waals surface area contributed by atoms with E-state index in [1.807, 2.05) is 6.92 Å².